The van der Waals surface area contributed by atoms with Gasteiger partial charge in [0.1, 0.15) is 18.3 Å². The fourth-order valence-corrected chi connectivity index (χ4v) is 8.38. The van der Waals surface area contributed by atoms with E-state index < -0.39 is 55.2 Å². The standard InChI is InChI=1S/C34H68N4O6Si3/c1-18-20-24(21-19-2)29(39)36-26-22-35-38(31(40)37-26)30-28(44-47(16,17)34(9,10)11)27(43-46(14,15)33(6,7)8)25(42-30)23-41-45(12,13)32(3,4)5/h22,24-25,27-28,30H,18-21,23H2,1-17H3,(H,36,37,39,40)/t25-,27-,28-,30-/m1/s1. The van der Waals surface area contributed by atoms with Crippen LogP contribution in [0.25, 0.3) is 0 Å². The normalized spacial score (nSPS) is 21.8. The highest BCUT2D eigenvalue weighted by Gasteiger charge is 2.55. The number of amides is 1. The minimum absolute atomic E-state index is 0.00771. The summed E-state index contributed by atoms with van der Waals surface area (Å²) in [5.74, 6) is -0.132. The van der Waals surface area contributed by atoms with Crippen LogP contribution in [0.15, 0.2) is 11.0 Å². The Morgan fingerprint density at radius 3 is 1.74 bits per heavy atom. The molecule has 2 rings (SSSR count). The van der Waals surface area contributed by atoms with E-state index in [0.29, 0.717) is 6.61 Å². The van der Waals surface area contributed by atoms with E-state index in [1.807, 2.05) is 0 Å². The van der Waals surface area contributed by atoms with E-state index in [2.05, 4.69) is 131 Å². The molecule has 1 N–H and O–H groups in total. The molecule has 0 saturated carbocycles. The van der Waals surface area contributed by atoms with Gasteiger partial charge < -0.3 is 23.3 Å². The van der Waals surface area contributed by atoms with Gasteiger partial charge in [0.25, 0.3) is 0 Å². The zero-order valence-corrected chi connectivity index (χ0v) is 35.8. The van der Waals surface area contributed by atoms with Crippen molar-refractivity contribution in [2.75, 3.05) is 11.9 Å². The lowest BCUT2D eigenvalue weighted by Gasteiger charge is -2.44. The van der Waals surface area contributed by atoms with Crippen LogP contribution in [0, 0.1) is 5.92 Å². The van der Waals surface area contributed by atoms with Crippen molar-refractivity contribution in [1.82, 2.24) is 14.8 Å². The second-order valence-electron chi connectivity index (χ2n) is 18.0. The van der Waals surface area contributed by atoms with Crippen molar-refractivity contribution in [1.29, 1.82) is 0 Å². The highest BCUT2D eigenvalue weighted by Crippen LogP contribution is 2.46. The van der Waals surface area contributed by atoms with E-state index in [4.69, 9.17) is 18.0 Å². The maximum atomic E-state index is 13.7. The summed E-state index contributed by atoms with van der Waals surface area (Å²) in [7, 11) is -6.89. The minimum atomic E-state index is -2.40. The van der Waals surface area contributed by atoms with Crippen LogP contribution in [-0.4, -0.2) is 70.5 Å². The second-order valence-corrected chi connectivity index (χ2v) is 32.3. The van der Waals surface area contributed by atoms with Gasteiger partial charge in [0.05, 0.1) is 12.8 Å². The Labute approximate surface area is 288 Å². The van der Waals surface area contributed by atoms with E-state index in [9.17, 15) is 9.59 Å². The number of aromatic nitrogens is 3. The first-order valence-corrected chi connectivity index (χ1v) is 26.3. The molecule has 10 nitrogen and oxygen atoms in total. The van der Waals surface area contributed by atoms with Crippen LogP contribution < -0.4 is 11.0 Å². The van der Waals surface area contributed by atoms with Crippen molar-refractivity contribution in [3.63, 3.8) is 0 Å². The summed E-state index contributed by atoms with van der Waals surface area (Å²) in [5, 5.41) is 7.20. The monoisotopic (exact) mass is 712 g/mol. The van der Waals surface area contributed by atoms with Gasteiger partial charge in [-0.25, -0.2) is 4.79 Å². The van der Waals surface area contributed by atoms with Gasteiger partial charge in [0.2, 0.25) is 5.91 Å². The van der Waals surface area contributed by atoms with Gasteiger partial charge in [0, 0.05) is 5.92 Å². The predicted octanol–water partition coefficient (Wildman–Crippen LogP) is 8.49. The Hall–Kier alpha value is -1.23. The van der Waals surface area contributed by atoms with Gasteiger partial charge in [-0.05, 0) is 67.2 Å². The van der Waals surface area contributed by atoms with E-state index in [0.717, 1.165) is 25.7 Å². The molecule has 1 aromatic heterocycles. The summed E-state index contributed by atoms with van der Waals surface area (Å²) < 4.78 is 29.1. The summed E-state index contributed by atoms with van der Waals surface area (Å²) in [4.78, 5) is 31.0. The van der Waals surface area contributed by atoms with E-state index >= 15 is 0 Å². The molecule has 1 aliphatic heterocycles. The highest BCUT2D eigenvalue weighted by molar-refractivity contribution is 6.75. The highest BCUT2D eigenvalue weighted by atomic mass is 28.4. The summed E-state index contributed by atoms with van der Waals surface area (Å²) in [6.07, 6.45) is 2.31. The molecule has 1 aliphatic rings. The number of carbonyl (C=O) groups excluding carboxylic acids is 1. The first-order chi connectivity index (χ1) is 21.2. The van der Waals surface area contributed by atoms with Crippen molar-refractivity contribution in [3.8, 4) is 0 Å². The molecule has 0 bridgehead atoms. The van der Waals surface area contributed by atoms with Crippen LogP contribution in [0.3, 0.4) is 0 Å². The van der Waals surface area contributed by atoms with Crippen molar-refractivity contribution >= 4 is 36.7 Å². The molecule has 2 heterocycles. The fourth-order valence-electron chi connectivity index (χ4n) is 4.76. The number of hydrogen-bond donors (Lipinski definition) is 1. The summed E-state index contributed by atoms with van der Waals surface area (Å²) in [6, 6.07) is 0. The Balaban J connectivity index is 2.64. The number of anilines is 1. The zero-order valence-electron chi connectivity index (χ0n) is 32.8. The molecule has 1 aromatic rings. The fraction of sp³-hybridized carbons (Fsp3) is 0.882. The smallest absolute Gasteiger partial charge is 0.368 e. The molecule has 0 radical (unpaired) electrons. The van der Waals surface area contributed by atoms with Gasteiger partial charge in [-0.1, -0.05) is 89.0 Å². The van der Waals surface area contributed by atoms with Crippen LogP contribution in [-0.2, 0) is 22.8 Å². The number of ether oxygens (including phenoxy) is 1. The molecule has 13 heteroatoms. The molecular weight excluding hydrogens is 645 g/mol. The average Bonchev–Trinajstić information content (AvgIpc) is 3.20. The first kappa shape index (κ1) is 41.9. The molecule has 1 fully saturated rings. The van der Waals surface area contributed by atoms with Gasteiger partial charge in [-0.15, -0.1) is 0 Å². The molecule has 0 aliphatic carbocycles. The molecule has 0 aromatic carbocycles. The predicted molar refractivity (Wildman–Crippen MR) is 199 cm³/mol. The Kier molecular flexibility index (Phi) is 13.7. The summed E-state index contributed by atoms with van der Waals surface area (Å²) in [6.45, 7) is 37.6. The van der Waals surface area contributed by atoms with Gasteiger partial charge in [-0.3, -0.25) is 4.79 Å². The summed E-state index contributed by atoms with van der Waals surface area (Å²) >= 11 is 0. The molecule has 1 amide bonds. The van der Waals surface area contributed by atoms with Gasteiger partial charge in [-0.2, -0.15) is 14.8 Å². The molecule has 0 unspecified atom stereocenters. The molecule has 47 heavy (non-hydrogen) atoms. The molecule has 0 spiro atoms. The molecule has 4 atom stereocenters. The number of carbonyl (C=O) groups is 1. The molecular formula is C34H68N4O6Si3. The minimum Gasteiger partial charge on any atom is -0.414 e. The third kappa shape index (κ3) is 10.4. The lowest BCUT2D eigenvalue weighted by atomic mass is 9.97. The van der Waals surface area contributed by atoms with Crippen LogP contribution in [0.1, 0.15) is 108 Å². The zero-order chi connectivity index (χ0) is 36.4. The first-order valence-electron chi connectivity index (χ1n) is 17.6. The molecule has 1 saturated heterocycles. The van der Waals surface area contributed by atoms with Crippen LogP contribution in [0.2, 0.25) is 54.4 Å². The summed E-state index contributed by atoms with van der Waals surface area (Å²) in [5.41, 5.74) is -0.615. The maximum Gasteiger partial charge on any atom is 0.368 e. The number of nitrogens with zero attached hydrogens (tertiary/aromatic N) is 3. The van der Waals surface area contributed by atoms with Crippen molar-refractivity contribution in [2.24, 2.45) is 5.92 Å². The SMILES string of the molecule is CCCC(CCC)C(=O)Nc1cnn([C@@H]2O[C@H](CO[Si](C)(C)C(C)(C)C)[C@@H](O[Si](C)(C)C(C)(C)C)[C@H]2O[Si](C)(C)C(C)(C)C)c(=O)n1. The van der Waals surface area contributed by atoms with Crippen LogP contribution >= 0.6 is 0 Å². The molecule has 272 valence electrons. The van der Waals surface area contributed by atoms with Gasteiger partial charge in [0.15, 0.2) is 37.0 Å². The Morgan fingerprint density at radius 2 is 1.32 bits per heavy atom. The number of rotatable bonds is 14. The van der Waals surface area contributed by atoms with Crippen LogP contribution in [0.4, 0.5) is 5.82 Å². The van der Waals surface area contributed by atoms with E-state index in [1.165, 1.54) is 10.9 Å². The lowest BCUT2D eigenvalue weighted by molar-refractivity contribution is -0.120. The van der Waals surface area contributed by atoms with Gasteiger partial charge >= 0.3 is 5.69 Å². The van der Waals surface area contributed by atoms with E-state index in [1.54, 1.807) is 0 Å². The Bertz CT molecular complexity index is 1240. The van der Waals surface area contributed by atoms with Crippen molar-refractivity contribution < 1.29 is 22.8 Å². The number of hydrogen-bond acceptors (Lipinski definition) is 8. The van der Waals surface area contributed by atoms with Crippen molar-refractivity contribution in [2.45, 2.75) is 181 Å². The third-order valence-electron chi connectivity index (χ3n) is 11.0. The quantitative estimate of drug-likeness (QED) is 0.191. The maximum absolute atomic E-state index is 13.7. The van der Waals surface area contributed by atoms with Crippen molar-refractivity contribution in [3.05, 3.63) is 16.7 Å². The largest absolute Gasteiger partial charge is 0.414 e. The topological polar surface area (TPSA) is 114 Å². The lowest BCUT2D eigenvalue weighted by Crippen LogP contribution is -2.55. The van der Waals surface area contributed by atoms with Crippen LogP contribution in [0.5, 0.6) is 0 Å². The van der Waals surface area contributed by atoms with E-state index in [-0.39, 0.29) is 32.8 Å². The second kappa shape index (κ2) is 15.3. The Morgan fingerprint density at radius 1 is 0.851 bits per heavy atom. The third-order valence-corrected chi connectivity index (χ3v) is 24.5. The average molecular weight is 713 g/mol. The number of nitrogens with one attached hydrogen (secondary N) is 1.